The normalized spacial score (nSPS) is 19.4. The van der Waals surface area contributed by atoms with Gasteiger partial charge < -0.3 is 4.90 Å². The van der Waals surface area contributed by atoms with Crippen molar-refractivity contribution in [2.24, 2.45) is 0 Å². The summed E-state index contributed by atoms with van der Waals surface area (Å²) < 4.78 is 39.9. The van der Waals surface area contributed by atoms with Crippen LogP contribution in [0.3, 0.4) is 0 Å². The van der Waals surface area contributed by atoms with Gasteiger partial charge in [-0.3, -0.25) is 4.98 Å². The Bertz CT molecular complexity index is 633. The minimum atomic E-state index is -3.96. The predicted molar refractivity (Wildman–Crippen MR) is 69.6 cm³/mol. The SMILES string of the molecule is CN1CCC(C#N)(NS(=O)(=O)c2cncc(F)c2)CC1. The molecule has 8 heteroatoms. The van der Waals surface area contributed by atoms with Gasteiger partial charge in [0.1, 0.15) is 16.3 Å². The summed E-state index contributed by atoms with van der Waals surface area (Å²) in [7, 11) is -2.05. The number of nitrogens with zero attached hydrogens (tertiary/aromatic N) is 3. The second-order valence-electron chi connectivity index (χ2n) is 4.94. The van der Waals surface area contributed by atoms with Crippen molar-refractivity contribution in [3.05, 3.63) is 24.3 Å². The molecular formula is C12H15FN4O2S. The lowest BCUT2D eigenvalue weighted by molar-refractivity contribution is 0.213. The van der Waals surface area contributed by atoms with E-state index in [1.54, 1.807) is 0 Å². The van der Waals surface area contributed by atoms with Crippen LogP contribution in [-0.2, 0) is 10.0 Å². The van der Waals surface area contributed by atoms with Crippen LogP contribution in [-0.4, -0.2) is 44.0 Å². The molecule has 1 aromatic rings. The summed E-state index contributed by atoms with van der Waals surface area (Å²) in [6.45, 7) is 1.25. The molecule has 1 aliphatic rings. The van der Waals surface area contributed by atoms with E-state index in [0.29, 0.717) is 25.9 Å². The van der Waals surface area contributed by atoms with Crippen molar-refractivity contribution in [1.82, 2.24) is 14.6 Å². The first-order valence-electron chi connectivity index (χ1n) is 6.11. The van der Waals surface area contributed by atoms with Gasteiger partial charge in [-0.2, -0.15) is 9.98 Å². The summed E-state index contributed by atoms with van der Waals surface area (Å²) >= 11 is 0. The van der Waals surface area contributed by atoms with Crippen molar-refractivity contribution in [3.8, 4) is 6.07 Å². The molecule has 0 bridgehead atoms. The third-order valence-electron chi connectivity index (χ3n) is 3.37. The number of nitrogens with one attached hydrogen (secondary N) is 1. The van der Waals surface area contributed by atoms with E-state index in [1.165, 1.54) is 0 Å². The van der Waals surface area contributed by atoms with Gasteiger partial charge in [0.2, 0.25) is 10.0 Å². The molecule has 20 heavy (non-hydrogen) atoms. The first-order valence-corrected chi connectivity index (χ1v) is 7.60. The van der Waals surface area contributed by atoms with E-state index >= 15 is 0 Å². The Labute approximate surface area is 117 Å². The Hall–Kier alpha value is -1.56. The van der Waals surface area contributed by atoms with Crippen LogP contribution in [0.1, 0.15) is 12.8 Å². The van der Waals surface area contributed by atoms with Crippen LogP contribution in [0.2, 0.25) is 0 Å². The zero-order valence-corrected chi connectivity index (χ0v) is 11.8. The lowest BCUT2D eigenvalue weighted by atomic mass is 9.91. The Kier molecular flexibility index (Phi) is 4.04. The van der Waals surface area contributed by atoms with Crippen molar-refractivity contribution in [2.75, 3.05) is 20.1 Å². The molecule has 108 valence electrons. The maximum absolute atomic E-state index is 13.1. The van der Waals surface area contributed by atoms with E-state index in [9.17, 15) is 18.1 Å². The lowest BCUT2D eigenvalue weighted by Gasteiger charge is -2.35. The maximum Gasteiger partial charge on any atom is 0.243 e. The molecule has 2 rings (SSSR count). The fourth-order valence-corrected chi connectivity index (χ4v) is 3.44. The summed E-state index contributed by atoms with van der Waals surface area (Å²) in [5.74, 6) is -0.734. The molecule has 1 saturated heterocycles. The first-order chi connectivity index (χ1) is 9.37. The fraction of sp³-hybridized carbons (Fsp3) is 0.500. The second kappa shape index (κ2) is 5.44. The van der Waals surface area contributed by atoms with Gasteiger partial charge in [0.25, 0.3) is 0 Å². The van der Waals surface area contributed by atoms with Crippen molar-refractivity contribution < 1.29 is 12.8 Å². The Morgan fingerprint density at radius 2 is 2.10 bits per heavy atom. The molecule has 0 spiro atoms. The topological polar surface area (TPSA) is 86.1 Å². The molecule has 0 unspecified atom stereocenters. The van der Waals surface area contributed by atoms with Gasteiger partial charge >= 0.3 is 0 Å². The highest BCUT2D eigenvalue weighted by molar-refractivity contribution is 7.89. The largest absolute Gasteiger partial charge is 0.306 e. The van der Waals surface area contributed by atoms with Crippen LogP contribution >= 0.6 is 0 Å². The zero-order chi connectivity index (χ0) is 14.8. The number of sulfonamides is 1. The molecule has 1 aromatic heterocycles. The number of nitriles is 1. The average molecular weight is 298 g/mol. The fourth-order valence-electron chi connectivity index (χ4n) is 2.09. The van der Waals surface area contributed by atoms with Crippen LogP contribution < -0.4 is 4.72 Å². The molecule has 2 heterocycles. The molecule has 1 fully saturated rings. The molecular weight excluding hydrogens is 283 g/mol. The van der Waals surface area contributed by atoms with E-state index in [0.717, 1.165) is 18.5 Å². The molecule has 0 aromatic carbocycles. The van der Waals surface area contributed by atoms with E-state index in [-0.39, 0.29) is 4.90 Å². The van der Waals surface area contributed by atoms with E-state index in [2.05, 4.69) is 9.71 Å². The Morgan fingerprint density at radius 1 is 1.45 bits per heavy atom. The Balaban J connectivity index is 2.25. The predicted octanol–water partition coefficient (Wildman–Crippen LogP) is 0.487. The summed E-state index contributed by atoms with van der Waals surface area (Å²) in [5.41, 5.74) is -1.14. The smallest absolute Gasteiger partial charge is 0.243 e. The molecule has 1 aliphatic heterocycles. The number of rotatable bonds is 3. The van der Waals surface area contributed by atoms with Crippen LogP contribution in [0.4, 0.5) is 4.39 Å². The van der Waals surface area contributed by atoms with Crippen molar-refractivity contribution >= 4 is 10.0 Å². The van der Waals surface area contributed by atoms with Crippen LogP contribution in [0, 0.1) is 17.1 Å². The van der Waals surface area contributed by atoms with E-state index < -0.39 is 21.4 Å². The highest BCUT2D eigenvalue weighted by Crippen LogP contribution is 2.23. The highest BCUT2D eigenvalue weighted by Gasteiger charge is 2.38. The van der Waals surface area contributed by atoms with Crippen LogP contribution in [0.15, 0.2) is 23.4 Å². The van der Waals surface area contributed by atoms with Crippen LogP contribution in [0.25, 0.3) is 0 Å². The molecule has 0 atom stereocenters. The summed E-state index contributed by atoms with van der Waals surface area (Å²) in [5, 5.41) is 9.31. The number of hydrogen-bond acceptors (Lipinski definition) is 5. The van der Waals surface area contributed by atoms with Crippen molar-refractivity contribution in [3.63, 3.8) is 0 Å². The average Bonchev–Trinajstić information content (AvgIpc) is 2.41. The second-order valence-corrected chi connectivity index (χ2v) is 6.62. The molecule has 0 radical (unpaired) electrons. The highest BCUT2D eigenvalue weighted by atomic mass is 32.2. The number of piperidine rings is 1. The lowest BCUT2D eigenvalue weighted by Crippen LogP contribution is -2.53. The van der Waals surface area contributed by atoms with Gasteiger partial charge in [0.05, 0.1) is 12.3 Å². The standard InChI is InChI=1S/C12H15FN4O2S/c1-17-4-2-12(9-14,3-5-17)16-20(18,19)11-6-10(13)7-15-8-11/h6-8,16H,2-5H2,1H3. The number of pyridine rings is 1. The number of aromatic nitrogens is 1. The van der Waals surface area contributed by atoms with Gasteiger partial charge in [-0.25, -0.2) is 12.8 Å². The number of likely N-dealkylation sites (tertiary alicyclic amines) is 1. The minimum Gasteiger partial charge on any atom is -0.306 e. The van der Waals surface area contributed by atoms with Gasteiger partial charge in [-0.15, -0.1) is 0 Å². The van der Waals surface area contributed by atoms with Crippen LogP contribution in [0.5, 0.6) is 0 Å². The Morgan fingerprint density at radius 3 is 2.65 bits per heavy atom. The number of halogens is 1. The van der Waals surface area contributed by atoms with Gasteiger partial charge in [0.15, 0.2) is 0 Å². The number of hydrogen-bond donors (Lipinski definition) is 1. The van der Waals surface area contributed by atoms with Gasteiger partial charge in [-0.1, -0.05) is 0 Å². The van der Waals surface area contributed by atoms with E-state index in [4.69, 9.17) is 0 Å². The molecule has 0 amide bonds. The quantitative estimate of drug-likeness (QED) is 0.877. The van der Waals surface area contributed by atoms with Crippen molar-refractivity contribution in [1.29, 1.82) is 5.26 Å². The monoisotopic (exact) mass is 298 g/mol. The summed E-state index contributed by atoms with van der Waals surface area (Å²) in [6.07, 6.45) is 2.77. The van der Waals surface area contributed by atoms with E-state index in [1.807, 2.05) is 18.0 Å². The minimum absolute atomic E-state index is 0.272. The molecule has 6 nitrogen and oxygen atoms in total. The molecule has 1 N–H and O–H groups in total. The van der Waals surface area contributed by atoms with Crippen molar-refractivity contribution in [2.45, 2.75) is 23.3 Å². The summed E-state index contributed by atoms with van der Waals surface area (Å²) in [6, 6.07) is 2.93. The third-order valence-corrected chi connectivity index (χ3v) is 4.88. The summed E-state index contributed by atoms with van der Waals surface area (Å²) in [4.78, 5) is 5.27. The molecule has 0 saturated carbocycles. The maximum atomic E-state index is 13.1. The third kappa shape index (κ3) is 3.12. The van der Waals surface area contributed by atoms with Gasteiger partial charge in [0, 0.05) is 19.3 Å². The van der Waals surface area contributed by atoms with Gasteiger partial charge in [-0.05, 0) is 26.0 Å². The molecule has 0 aliphatic carbocycles. The first kappa shape index (κ1) is 14.8. The zero-order valence-electron chi connectivity index (χ0n) is 11.0.